The minimum Gasteiger partial charge on any atom is -0.462 e. The molecule has 0 amide bonds. The van der Waals surface area contributed by atoms with E-state index in [4.69, 9.17) is 15.5 Å². The Morgan fingerprint density at radius 3 is 2.63 bits per heavy atom. The number of allylic oxidation sites excluding steroid dienone is 1. The topological polar surface area (TPSA) is 69.6 Å². The number of benzene rings is 2. The molecule has 1 atom stereocenters. The standard InChI is InChI=1S/C25H23N3O2/c1-4-30-24(29)19-14-21-18-11-8-12-20(26)23(18)25(17-9-6-5-7-10-17)22(13-15(2)27-25)28(21)16(19)3/h5-14H,4,26H2,1-3H3. The van der Waals surface area contributed by atoms with E-state index in [1.54, 1.807) is 0 Å². The lowest BCUT2D eigenvalue weighted by Gasteiger charge is -2.39. The van der Waals surface area contributed by atoms with Gasteiger partial charge in [-0.25, -0.2) is 4.79 Å². The molecule has 0 saturated heterocycles. The van der Waals surface area contributed by atoms with Gasteiger partial charge in [0.25, 0.3) is 0 Å². The molecule has 2 N–H and O–H groups in total. The summed E-state index contributed by atoms with van der Waals surface area (Å²) in [5.74, 6) is -0.316. The van der Waals surface area contributed by atoms with Crippen molar-refractivity contribution in [1.29, 1.82) is 0 Å². The van der Waals surface area contributed by atoms with Crippen LogP contribution in [0.15, 0.2) is 65.7 Å². The fourth-order valence-corrected chi connectivity index (χ4v) is 4.82. The number of anilines is 1. The maximum absolute atomic E-state index is 12.7. The molecule has 0 saturated carbocycles. The number of hydrogen-bond acceptors (Lipinski definition) is 4. The van der Waals surface area contributed by atoms with Gasteiger partial charge in [-0.05, 0) is 44.5 Å². The van der Waals surface area contributed by atoms with E-state index in [-0.39, 0.29) is 5.97 Å². The van der Waals surface area contributed by atoms with Crippen molar-refractivity contribution < 1.29 is 9.53 Å². The van der Waals surface area contributed by atoms with E-state index in [1.807, 2.05) is 57.2 Å². The van der Waals surface area contributed by atoms with Crippen LogP contribution in [-0.2, 0) is 10.3 Å². The molecule has 0 bridgehead atoms. The zero-order chi connectivity index (χ0) is 21.0. The Bertz CT molecular complexity index is 1250. The van der Waals surface area contributed by atoms with Gasteiger partial charge < -0.3 is 15.0 Å². The van der Waals surface area contributed by atoms with E-state index >= 15 is 0 Å². The predicted octanol–water partition coefficient (Wildman–Crippen LogP) is 4.80. The molecule has 2 aliphatic heterocycles. The highest BCUT2D eigenvalue weighted by molar-refractivity contribution is 6.07. The zero-order valence-electron chi connectivity index (χ0n) is 17.3. The van der Waals surface area contributed by atoms with E-state index in [9.17, 15) is 4.79 Å². The maximum atomic E-state index is 12.7. The van der Waals surface area contributed by atoms with Gasteiger partial charge in [-0.1, -0.05) is 42.5 Å². The third-order valence-electron chi connectivity index (χ3n) is 5.97. The molecule has 5 nitrogen and oxygen atoms in total. The van der Waals surface area contributed by atoms with Gasteiger partial charge in [0, 0.05) is 28.2 Å². The number of carbonyl (C=O) groups is 1. The highest BCUT2D eigenvalue weighted by atomic mass is 16.5. The average Bonchev–Trinajstić information content (AvgIpc) is 3.26. The van der Waals surface area contributed by atoms with Crippen LogP contribution < -0.4 is 5.73 Å². The van der Waals surface area contributed by atoms with Crippen molar-refractivity contribution in [3.05, 3.63) is 83.1 Å². The van der Waals surface area contributed by atoms with Crippen molar-refractivity contribution in [1.82, 2.24) is 4.57 Å². The fourth-order valence-electron chi connectivity index (χ4n) is 4.82. The van der Waals surface area contributed by atoms with Crippen molar-refractivity contribution in [2.45, 2.75) is 26.3 Å². The predicted molar refractivity (Wildman–Crippen MR) is 120 cm³/mol. The second-order valence-corrected chi connectivity index (χ2v) is 7.71. The molecule has 1 unspecified atom stereocenters. The Morgan fingerprint density at radius 2 is 1.90 bits per heavy atom. The van der Waals surface area contributed by atoms with Crippen LogP contribution in [0.1, 0.15) is 41.0 Å². The number of rotatable bonds is 3. The Morgan fingerprint density at radius 1 is 1.13 bits per heavy atom. The van der Waals surface area contributed by atoms with Gasteiger partial charge in [0.15, 0.2) is 5.54 Å². The Hall–Kier alpha value is -3.60. The minimum absolute atomic E-state index is 0.316. The average molecular weight is 397 g/mol. The van der Waals surface area contributed by atoms with Gasteiger partial charge >= 0.3 is 5.97 Å². The summed E-state index contributed by atoms with van der Waals surface area (Å²) in [6.45, 7) is 6.11. The summed E-state index contributed by atoms with van der Waals surface area (Å²) < 4.78 is 7.46. The van der Waals surface area contributed by atoms with Crippen LogP contribution in [0.25, 0.3) is 17.0 Å². The lowest BCUT2D eigenvalue weighted by molar-refractivity contribution is 0.0525. The number of ether oxygens (including phenoxy) is 1. The lowest BCUT2D eigenvalue weighted by Crippen LogP contribution is -2.33. The van der Waals surface area contributed by atoms with E-state index in [0.717, 1.165) is 39.5 Å². The largest absolute Gasteiger partial charge is 0.462 e. The number of fused-ring (bicyclic) bond motifs is 6. The van der Waals surface area contributed by atoms with Crippen LogP contribution in [0.3, 0.4) is 0 Å². The zero-order valence-corrected chi connectivity index (χ0v) is 17.3. The summed E-state index contributed by atoms with van der Waals surface area (Å²) in [6.07, 6.45) is 2.09. The summed E-state index contributed by atoms with van der Waals surface area (Å²) in [5.41, 5.74) is 13.7. The molecular weight excluding hydrogens is 374 g/mol. The van der Waals surface area contributed by atoms with E-state index in [1.165, 1.54) is 0 Å². The van der Waals surface area contributed by atoms with Crippen molar-refractivity contribution in [3.8, 4) is 11.3 Å². The van der Waals surface area contributed by atoms with Gasteiger partial charge in [0.2, 0.25) is 0 Å². The number of hydrogen-bond donors (Lipinski definition) is 1. The molecular formula is C25H23N3O2. The third-order valence-corrected chi connectivity index (χ3v) is 5.97. The molecule has 3 heterocycles. The van der Waals surface area contributed by atoms with Crippen LogP contribution in [0.5, 0.6) is 0 Å². The first-order valence-electron chi connectivity index (χ1n) is 10.1. The molecule has 5 rings (SSSR count). The van der Waals surface area contributed by atoms with Crippen molar-refractivity contribution in [2.24, 2.45) is 4.99 Å². The Labute approximate surface area is 175 Å². The maximum Gasteiger partial charge on any atom is 0.339 e. The summed E-state index contributed by atoms with van der Waals surface area (Å²) in [6, 6.07) is 18.0. The van der Waals surface area contributed by atoms with Crippen molar-refractivity contribution in [3.63, 3.8) is 0 Å². The summed E-state index contributed by atoms with van der Waals surface area (Å²) in [4.78, 5) is 17.8. The van der Waals surface area contributed by atoms with E-state index < -0.39 is 5.54 Å². The molecule has 3 aromatic rings. The van der Waals surface area contributed by atoms with Gasteiger partial charge in [0.05, 0.1) is 23.6 Å². The third kappa shape index (κ3) is 2.29. The van der Waals surface area contributed by atoms with E-state index in [2.05, 4.69) is 28.8 Å². The van der Waals surface area contributed by atoms with Gasteiger partial charge in [-0.3, -0.25) is 4.99 Å². The fraction of sp³-hybridized carbons (Fsp3) is 0.200. The number of nitrogens with two attached hydrogens (primary N) is 1. The Balaban J connectivity index is 1.90. The first-order valence-corrected chi connectivity index (χ1v) is 10.1. The number of nitrogens with zero attached hydrogens (tertiary/aromatic N) is 2. The molecule has 150 valence electrons. The highest BCUT2D eigenvalue weighted by Crippen LogP contribution is 2.56. The van der Waals surface area contributed by atoms with Crippen LogP contribution in [-0.4, -0.2) is 22.9 Å². The second-order valence-electron chi connectivity index (χ2n) is 7.71. The van der Waals surface area contributed by atoms with Gasteiger partial charge in [-0.2, -0.15) is 0 Å². The smallest absolute Gasteiger partial charge is 0.339 e. The number of esters is 1. The first kappa shape index (κ1) is 18.4. The SMILES string of the molecule is CCOC(=O)c1cc2n(c1C)C1=CC(C)=NC1(c1ccccc1)c1c(N)cccc1-2. The van der Waals surface area contributed by atoms with E-state index in [0.29, 0.717) is 17.9 Å². The monoisotopic (exact) mass is 397 g/mol. The quantitative estimate of drug-likeness (QED) is 0.510. The number of aliphatic imine (C=N–C) groups is 1. The number of carbonyl (C=O) groups excluding carboxylic acids is 1. The van der Waals surface area contributed by atoms with Crippen molar-refractivity contribution in [2.75, 3.05) is 12.3 Å². The molecule has 0 fully saturated rings. The molecule has 2 aliphatic rings. The molecule has 2 aromatic carbocycles. The van der Waals surface area contributed by atoms with Crippen LogP contribution in [0, 0.1) is 6.92 Å². The Kier molecular flexibility index (Phi) is 3.97. The lowest BCUT2D eigenvalue weighted by atomic mass is 9.75. The molecule has 0 aliphatic carbocycles. The number of aromatic nitrogens is 1. The molecule has 0 radical (unpaired) electrons. The first-order chi connectivity index (χ1) is 14.5. The van der Waals surface area contributed by atoms with Gasteiger partial charge in [0.1, 0.15) is 0 Å². The van der Waals surface area contributed by atoms with Crippen LogP contribution in [0.2, 0.25) is 0 Å². The minimum atomic E-state index is -0.755. The second kappa shape index (κ2) is 6.46. The van der Waals surface area contributed by atoms with Crippen molar-refractivity contribution >= 4 is 23.1 Å². The molecule has 5 heteroatoms. The summed E-state index contributed by atoms with van der Waals surface area (Å²) >= 11 is 0. The molecule has 1 aromatic heterocycles. The number of nitrogen functional groups attached to an aromatic ring is 1. The van der Waals surface area contributed by atoms with Crippen LogP contribution >= 0.6 is 0 Å². The van der Waals surface area contributed by atoms with Crippen LogP contribution in [0.4, 0.5) is 5.69 Å². The molecule has 0 spiro atoms. The normalized spacial score (nSPS) is 18.8. The summed E-state index contributed by atoms with van der Waals surface area (Å²) in [5, 5.41) is 0. The van der Waals surface area contributed by atoms with Gasteiger partial charge in [-0.15, -0.1) is 0 Å². The highest BCUT2D eigenvalue weighted by Gasteiger charge is 2.49. The molecule has 30 heavy (non-hydrogen) atoms. The summed E-state index contributed by atoms with van der Waals surface area (Å²) in [7, 11) is 0.